The van der Waals surface area contributed by atoms with Crippen LogP contribution in [-0.2, 0) is 6.42 Å². The van der Waals surface area contributed by atoms with E-state index in [1.807, 2.05) is 18.2 Å². The van der Waals surface area contributed by atoms with Gasteiger partial charge in [0.25, 0.3) is 0 Å². The first-order valence-corrected chi connectivity index (χ1v) is 12.1. The fraction of sp³-hybridized carbons (Fsp3) is 0.400. The Morgan fingerprint density at radius 2 is 1.94 bits per heavy atom. The summed E-state index contributed by atoms with van der Waals surface area (Å²) in [6, 6.07) is 8.06. The molecule has 3 aromatic rings. The molecule has 2 aromatic heterocycles. The first kappa shape index (κ1) is 21.4. The Labute approximate surface area is 203 Å². The van der Waals surface area contributed by atoms with Crippen molar-refractivity contribution < 1.29 is 9.26 Å². The fourth-order valence-corrected chi connectivity index (χ4v) is 4.74. The van der Waals surface area contributed by atoms with Gasteiger partial charge in [0.1, 0.15) is 17.4 Å². The smallest absolute Gasteiger partial charge is 0.325 e. The van der Waals surface area contributed by atoms with E-state index >= 15 is 0 Å². The molecule has 1 saturated heterocycles. The first-order valence-electron chi connectivity index (χ1n) is 11.7. The Morgan fingerprint density at radius 1 is 1.12 bits per heavy atom. The van der Waals surface area contributed by atoms with Crippen molar-refractivity contribution in [3.8, 4) is 11.8 Å². The SMILES string of the molecule is CC1=Cc2c(ccc(Oc3nc(Nc4cc(C5CC5)no4)cc(N4CCN(C)CC4)n3)c2Cl)C1. The summed E-state index contributed by atoms with van der Waals surface area (Å²) in [6.45, 7) is 5.81. The maximum Gasteiger partial charge on any atom is 0.325 e. The van der Waals surface area contributed by atoms with E-state index < -0.39 is 0 Å². The second-order valence-electron chi connectivity index (χ2n) is 9.42. The number of halogens is 1. The standard InChI is InChI=1S/C25H27ClN6O2/c1-15-11-17-5-6-20(24(26)18(17)12-15)33-25-28-21(27-23-13-19(30-34-23)16-3-4-16)14-22(29-25)32-9-7-31(2)8-10-32/h5-6,12-14,16H,3-4,7-11H2,1-2H3,(H,27,28,29). The summed E-state index contributed by atoms with van der Waals surface area (Å²) in [5, 5.41) is 8.01. The molecule has 9 heteroatoms. The molecule has 0 atom stereocenters. The molecule has 176 valence electrons. The highest BCUT2D eigenvalue weighted by atomic mass is 35.5. The van der Waals surface area contributed by atoms with Crippen LogP contribution in [0.3, 0.4) is 0 Å². The van der Waals surface area contributed by atoms with Gasteiger partial charge in [0, 0.05) is 49.8 Å². The van der Waals surface area contributed by atoms with E-state index in [1.165, 1.54) is 24.0 Å². The van der Waals surface area contributed by atoms with Crippen molar-refractivity contribution in [1.82, 2.24) is 20.0 Å². The van der Waals surface area contributed by atoms with Crippen LogP contribution in [0.4, 0.5) is 17.5 Å². The van der Waals surface area contributed by atoms with Gasteiger partial charge in [0.2, 0.25) is 5.88 Å². The van der Waals surface area contributed by atoms with Gasteiger partial charge in [0.15, 0.2) is 0 Å². The number of allylic oxidation sites excluding steroid dienone is 1. The average molecular weight is 479 g/mol. The van der Waals surface area contributed by atoms with Gasteiger partial charge in [-0.2, -0.15) is 9.97 Å². The number of fused-ring (bicyclic) bond motifs is 1. The third-order valence-corrected chi connectivity index (χ3v) is 6.98. The molecule has 2 fully saturated rings. The van der Waals surface area contributed by atoms with Gasteiger partial charge in [0.05, 0.1) is 10.7 Å². The molecular weight excluding hydrogens is 452 g/mol. The number of rotatable bonds is 6. The van der Waals surface area contributed by atoms with Gasteiger partial charge < -0.3 is 24.4 Å². The summed E-state index contributed by atoms with van der Waals surface area (Å²) >= 11 is 6.70. The summed E-state index contributed by atoms with van der Waals surface area (Å²) in [5.74, 6) is 3.01. The molecule has 1 saturated carbocycles. The van der Waals surface area contributed by atoms with Crippen molar-refractivity contribution in [2.75, 3.05) is 43.4 Å². The monoisotopic (exact) mass is 478 g/mol. The number of hydrogen-bond acceptors (Lipinski definition) is 8. The van der Waals surface area contributed by atoms with Gasteiger partial charge in [-0.1, -0.05) is 34.5 Å². The topological polar surface area (TPSA) is 79.5 Å². The lowest BCUT2D eigenvalue weighted by Gasteiger charge is -2.33. The van der Waals surface area contributed by atoms with Gasteiger partial charge >= 0.3 is 6.01 Å². The molecule has 3 aliphatic rings. The molecule has 1 N–H and O–H groups in total. The number of piperazine rings is 1. The Hall–Kier alpha value is -3.10. The molecule has 1 aliphatic heterocycles. The number of nitrogens with zero attached hydrogens (tertiary/aromatic N) is 5. The molecule has 6 rings (SSSR count). The molecule has 0 amide bonds. The summed E-state index contributed by atoms with van der Waals surface area (Å²) in [5.41, 5.74) is 4.49. The van der Waals surface area contributed by atoms with Crippen molar-refractivity contribution in [1.29, 1.82) is 0 Å². The van der Waals surface area contributed by atoms with Crippen molar-refractivity contribution in [2.24, 2.45) is 0 Å². The van der Waals surface area contributed by atoms with Gasteiger partial charge in [-0.15, -0.1) is 0 Å². The molecule has 8 nitrogen and oxygen atoms in total. The van der Waals surface area contributed by atoms with Crippen LogP contribution >= 0.6 is 11.6 Å². The lowest BCUT2D eigenvalue weighted by atomic mass is 10.1. The highest BCUT2D eigenvalue weighted by Gasteiger charge is 2.27. The van der Waals surface area contributed by atoms with Gasteiger partial charge in [-0.05, 0) is 44.9 Å². The number of nitrogens with one attached hydrogen (secondary N) is 1. The molecule has 2 aliphatic carbocycles. The average Bonchev–Trinajstić information content (AvgIpc) is 3.45. The Kier molecular flexibility index (Phi) is 5.42. The quantitative estimate of drug-likeness (QED) is 0.515. The number of anilines is 3. The minimum absolute atomic E-state index is 0.237. The molecule has 0 radical (unpaired) electrons. The molecule has 0 bridgehead atoms. The maximum absolute atomic E-state index is 6.70. The zero-order chi connectivity index (χ0) is 23.2. The maximum atomic E-state index is 6.70. The van der Waals surface area contributed by atoms with Crippen molar-refractivity contribution in [2.45, 2.75) is 32.1 Å². The van der Waals surface area contributed by atoms with Crippen LogP contribution < -0.4 is 15.0 Å². The second-order valence-corrected chi connectivity index (χ2v) is 9.80. The van der Waals surface area contributed by atoms with E-state index in [4.69, 9.17) is 25.8 Å². The van der Waals surface area contributed by atoms with Gasteiger partial charge in [-0.3, -0.25) is 0 Å². The van der Waals surface area contributed by atoms with Crippen LogP contribution in [0.2, 0.25) is 5.02 Å². The van der Waals surface area contributed by atoms with Crippen molar-refractivity contribution in [3.05, 3.63) is 51.7 Å². The highest BCUT2D eigenvalue weighted by Crippen LogP contribution is 2.41. The van der Waals surface area contributed by atoms with Crippen molar-refractivity contribution in [3.63, 3.8) is 0 Å². The van der Waals surface area contributed by atoms with Crippen molar-refractivity contribution >= 4 is 35.2 Å². The zero-order valence-electron chi connectivity index (χ0n) is 19.3. The van der Waals surface area contributed by atoms with E-state index in [0.29, 0.717) is 28.4 Å². The Bertz CT molecular complexity index is 1260. The number of hydrogen-bond donors (Lipinski definition) is 1. The van der Waals surface area contributed by atoms with Crippen LogP contribution in [0.5, 0.6) is 11.8 Å². The predicted molar refractivity (Wildman–Crippen MR) is 132 cm³/mol. The summed E-state index contributed by atoms with van der Waals surface area (Å²) in [7, 11) is 2.13. The normalized spacial score (nSPS) is 18.1. The minimum atomic E-state index is 0.237. The van der Waals surface area contributed by atoms with E-state index in [1.54, 1.807) is 0 Å². The molecule has 0 unspecified atom stereocenters. The van der Waals surface area contributed by atoms with Crippen LogP contribution in [0.25, 0.3) is 6.08 Å². The van der Waals surface area contributed by atoms with Crippen LogP contribution in [-0.4, -0.2) is 53.3 Å². The Morgan fingerprint density at radius 3 is 2.74 bits per heavy atom. The number of benzene rings is 1. The summed E-state index contributed by atoms with van der Waals surface area (Å²) in [4.78, 5) is 13.9. The summed E-state index contributed by atoms with van der Waals surface area (Å²) in [6.07, 6.45) is 5.36. The molecule has 34 heavy (non-hydrogen) atoms. The van der Waals surface area contributed by atoms with E-state index in [0.717, 1.165) is 49.7 Å². The highest BCUT2D eigenvalue weighted by molar-refractivity contribution is 6.33. The molecule has 3 heterocycles. The van der Waals surface area contributed by atoms with E-state index in [9.17, 15) is 0 Å². The number of aromatic nitrogens is 3. The first-order chi connectivity index (χ1) is 16.5. The van der Waals surface area contributed by atoms with E-state index in [2.05, 4.69) is 51.4 Å². The van der Waals surface area contributed by atoms with Crippen LogP contribution in [0, 0.1) is 0 Å². The molecule has 0 spiro atoms. The fourth-order valence-electron chi connectivity index (χ4n) is 4.46. The van der Waals surface area contributed by atoms with Gasteiger partial charge in [-0.25, -0.2) is 0 Å². The molecular formula is C25H27ClN6O2. The number of likely N-dealkylation sites (N-methyl/N-ethyl adjacent to an activating group) is 1. The van der Waals surface area contributed by atoms with E-state index in [-0.39, 0.29) is 6.01 Å². The number of ether oxygens (including phenoxy) is 1. The third kappa shape index (κ3) is 4.35. The predicted octanol–water partition coefficient (Wildman–Crippen LogP) is 5.24. The lowest BCUT2D eigenvalue weighted by Crippen LogP contribution is -2.44. The minimum Gasteiger partial charge on any atom is -0.423 e. The summed E-state index contributed by atoms with van der Waals surface area (Å²) < 4.78 is 11.6. The lowest BCUT2D eigenvalue weighted by molar-refractivity contribution is 0.311. The third-order valence-electron chi connectivity index (χ3n) is 6.59. The zero-order valence-corrected chi connectivity index (χ0v) is 20.1. The molecule has 1 aromatic carbocycles. The Balaban J connectivity index is 1.31. The second kappa shape index (κ2) is 8.60. The largest absolute Gasteiger partial charge is 0.423 e. The van der Waals surface area contributed by atoms with Crippen LogP contribution in [0.15, 0.2) is 34.4 Å². The van der Waals surface area contributed by atoms with Crippen LogP contribution in [0.1, 0.15) is 42.5 Å².